The summed E-state index contributed by atoms with van der Waals surface area (Å²) in [5.41, 5.74) is -0.0904. The van der Waals surface area contributed by atoms with Crippen molar-refractivity contribution in [3.63, 3.8) is 0 Å². The lowest BCUT2D eigenvalue weighted by atomic mass is 9.93. The predicted molar refractivity (Wildman–Crippen MR) is 67.9 cm³/mol. The van der Waals surface area contributed by atoms with E-state index in [1.54, 1.807) is 0 Å². The van der Waals surface area contributed by atoms with Crippen molar-refractivity contribution >= 4 is 17.4 Å². The molecule has 17 heavy (non-hydrogen) atoms. The van der Waals surface area contributed by atoms with E-state index in [9.17, 15) is 9.18 Å². The van der Waals surface area contributed by atoms with Gasteiger partial charge in [-0.3, -0.25) is 4.79 Å². The van der Waals surface area contributed by atoms with Crippen molar-refractivity contribution in [2.75, 3.05) is 6.54 Å². The number of likely N-dealkylation sites (N-methyl/N-ethyl adjacent to an activating group) is 1. The minimum absolute atomic E-state index is 0.00755. The molecule has 0 bridgehead atoms. The fourth-order valence-corrected chi connectivity index (χ4v) is 1.80. The highest BCUT2D eigenvalue weighted by molar-refractivity contribution is 6.31. The van der Waals surface area contributed by atoms with Crippen LogP contribution in [0.5, 0.6) is 0 Å². The standard InChI is InChI=1S/C13H17ClFNO/c1-4-16-13(2,3)12(17)8-9-7-10(15)5-6-11(9)14/h5-7,16H,4,8H2,1-3H3. The predicted octanol–water partition coefficient (Wildman–Crippen LogP) is 2.98. The fraction of sp³-hybridized carbons (Fsp3) is 0.462. The van der Waals surface area contributed by atoms with Crippen LogP contribution in [-0.2, 0) is 11.2 Å². The van der Waals surface area contributed by atoms with Crippen LogP contribution in [0.4, 0.5) is 4.39 Å². The molecular weight excluding hydrogens is 241 g/mol. The fourth-order valence-electron chi connectivity index (χ4n) is 1.61. The highest BCUT2D eigenvalue weighted by Gasteiger charge is 2.26. The summed E-state index contributed by atoms with van der Waals surface area (Å²) in [6, 6.07) is 4.06. The third kappa shape index (κ3) is 3.79. The van der Waals surface area contributed by atoms with Gasteiger partial charge in [0.2, 0.25) is 0 Å². The molecular formula is C13H17ClFNO. The number of carbonyl (C=O) groups is 1. The van der Waals surface area contributed by atoms with Gasteiger partial charge in [-0.1, -0.05) is 18.5 Å². The molecule has 0 aliphatic carbocycles. The summed E-state index contributed by atoms with van der Waals surface area (Å²) < 4.78 is 13.1. The number of benzene rings is 1. The van der Waals surface area contributed by atoms with E-state index in [0.29, 0.717) is 17.1 Å². The smallest absolute Gasteiger partial charge is 0.156 e. The maximum atomic E-state index is 13.1. The molecule has 2 nitrogen and oxygen atoms in total. The van der Waals surface area contributed by atoms with E-state index in [-0.39, 0.29) is 18.0 Å². The molecule has 0 radical (unpaired) electrons. The first-order chi connectivity index (χ1) is 7.86. The van der Waals surface area contributed by atoms with Crippen LogP contribution in [0, 0.1) is 5.82 Å². The molecule has 0 saturated carbocycles. The topological polar surface area (TPSA) is 29.1 Å². The van der Waals surface area contributed by atoms with Gasteiger partial charge in [0, 0.05) is 11.4 Å². The van der Waals surface area contributed by atoms with Gasteiger partial charge in [-0.05, 0) is 44.2 Å². The molecule has 94 valence electrons. The number of carbonyl (C=O) groups excluding carboxylic acids is 1. The van der Waals surface area contributed by atoms with Crippen molar-refractivity contribution in [1.82, 2.24) is 5.32 Å². The van der Waals surface area contributed by atoms with Gasteiger partial charge >= 0.3 is 0 Å². The van der Waals surface area contributed by atoms with Crippen LogP contribution < -0.4 is 5.32 Å². The number of ketones is 1. The molecule has 0 unspecified atom stereocenters. The molecule has 1 rings (SSSR count). The quantitative estimate of drug-likeness (QED) is 0.879. The van der Waals surface area contributed by atoms with E-state index in [0.717, 1.165) is 0 Å². The lowest BCUT2D eigenvalue weighted by molar-refractivity contribution is -0.123. The summed E-state index contributed by atoms with van der Waals surface area (Å²) in [7, 11) is 0. The van der Waals surface area contributed by atoms with Crippen LogP contribution in [0.1, 0.15) is 26.3 Å². The molecule has 0 saturated heterocycles. The summed E-state index contributed by atoms with van der Waals surface area (Å²) in [5.74, 6) is -0.384. The van der Waals surface area contributed by atoms with Crippen molar-refractivity contribution < 1.29 is 9.18 Å². The number of Topliss-reactive ketones (excluding diaryl/α,β-unsaturated/α-hetero) is 1. The minimum atomic E-state index is -0.621. The molecule has 4 heteroatoms. The van der Waals surface area contributed by atoms with Crippen LogP contribution in [0.15, 0.2) is 18.2 Å². The third-order valence-corrected chi connectivity index (χ3v) is 3.04. The largest absolute Gasteiger partial charge is 0.306 e. The van der Waals surface area contributed by atoms with E-state index >= 15 is 0 Å². The Kier molecular flexibility index (Phi) is 4.66. The van der Waals surface area contributed by atoms with Crippen LogP contribution in [0.3, 0.4) is 0 Å². The molecule has 0 fully saturated rings. The first-order valence-corrected chi connectivity index (χ1v) is 5.97. The van der Waals surface area contributed by atoms with Gasteiger partial charge in [-0.2, -0.15) is 0 Å². The summed E-state index contributed by atoms with van der Waals surface area (Å²) in [6.07, 6.45) is 0.136. The highest BCUT2D eigenvalue weighted by Crippen LogP contribution is 2.19. The Balaban J connectivity index is 2.84. The van der Waals surface area contributed by atoms with E-state index in [1.807, 2.05) is 20.8 Å². The van der Waals surface area contributed by atoms with Gasteiger partial charge in [0.1, 0.15) is 5.82 Å². The van der Waals surface area contributed by atoms with Crippen molar-refractivity contribution in [2.45, 2.75) is 32.7 Å². The zero-order valence-electron chi connectivity index (χ0n) is 10.3. The van der Waals surface area contributed by atoms with E-state index in [1.165, 1.54) is 18.2 Å². The van der Waals surface area contributed by atoms with Gasteiger partial charge in [-0.25, -0.2) is 4.39 Å². The maximum absolute atomic E-state index is 13.1. The zero-order chi connectivity index (χ0) is 13.1. The first kappa shape index (κ1) is 14.1. The van der Waals surface area contributed by atoms with Crippen molar-refractivity contribution in [2.24, 2.45) is 0 Å². The Labute approximate surface area is 106 Å². The van der Waals surface area contributed by atoms with Gasteiger partial charge < -0.3 is 5.32 Å². The minimum Gasteiger partial charge on any atom is -0.306 e. The number of halogens is 2. The summed E-state index contributed by atoms with van der Waals surface area (Å²) in [6.45, 7) is 6.26. The zero-order valence-corrected chi connectivity index (χ0v) is 11.1. The SMILES string of the molecule is CCNC(C)(C)C(=O)Cc1cc(F)ccc1Cl. The monoisotopic (exact) mass is 257 g/mol. The molecule has 1 aromatic rings. The maximum Gasteiger partial charge on any atom is 0.156 e. The molecule has 0 atom stereocenters. The second kappa shape index (κ2) is 5.61. The third-order valence-electron chi connectivity index (χ3n) is 2.67. The lowest BCUT2D eigenvalue weighted by Gasteiger charge is -2.24. The van der Waals surface area contributed by atoms with Crippen molar-refractivity contribution in [1.29, 1.82) is 0 Å². The molecule has 0 amide bonds. The van der Waals surface area contributed by atoms with Gasteiger partial charge in [-0.15, -0.1) is 0 Å². The summed E-state index contributed by atoms with van der Waals surface area (Å²) in [5, 5.41) is 3.51. The normalized spacial score (nSPS) is 11.6. The van der Waals surface area contributed by atoms with Gasteiger partial charge in [0.05, 0.1) is 5.54 Å². The molecule has 1 aromatic carbocycles. The van der Waals surface area contributed by atoms with Crippen molar-refractivity contribution in [3.8, 4) is 0 Å². The second-order valence-electron chi connectivity index (χ2n) is 4.49. The van der Waals surface area contributed by atoms with E-state index in [4.69, 9.17) is 11.6 Å². The van der Waals surface area contributed by atoms with Crippen LogP contribution >= 0.6 is 11.6 Å². The average molecular weight is 258 g/mol. The molecule has 1 N–H and O–H groups in total. The van der Waals surface area contributed by atoms with E-state index in [2.05, 4.69) is 5.32 Å². The van der Waals surface area contributed by atoms with Gasteiger partial charge in [0.25, 0.3) is 0 Å². The number of hydrogen-bond acceptors (Lipinski definition) is 2. The Morgan fingerprint density at radius 1 is 1.47 bits per heavy atom. The van der Waals surface area contributed by atoms with E-state index < -0.39 is 5.54 Å². The molecule has 0 aliphatic heterocycles. The van der Waals surface area contributed by atoms with Crippen LogP contribution in [0.25, 0.3) is 0 Å². The number of rotatable bonds is 5. The molecule has 0 heterocycles. The second-order valence-corrected chi connectivity index (χ2v) is 4.90. The Hall–Kier alpha value is -0.930. The molecule has 0 aliphatic rings. The first-order valence-electron chi connectivity index (χ1n) is 5.59. The highest BCUT2D eigenvalue weighted by atomic mass is 35.5. The van der Waals surface area contributed by atoms with Crippen LogP contribution in [0.2, 0.25) is 5.02 Å². The van der Waals surface area contributed by atoms with Crippen molar-refractivity contribution in [3.05, 3.63) is 34.6 Å². The lowest BCUT2D eigenvalue weighted by Crippen LogP contribution is -2.47. The van der Waals surface area contributed by atoms with Gasteiger partial charge in [0.15, 0.2) is 5.78 Å². The Morgan fingerprint density at radius 3 is 2.71 bits per heavy atom. The number of hydrogen-bond donors (Lipinski definition) is 1. The molecule has 0 aromatic heterocycles. The summed E-state index contributed by atoms with van der Waals surface area (Å²) >= 11 is 5.93. The Morgan fingerprint density at radius 2 is 2.12 bits per heavy atom. The van der Waals surface area contributed by atoms with Crippen LogP contribution in [-0.4, -0.2) is 17.9 Å². The Bertz CT molecular complexity index is 418. The molecule has 0 spiro atoms. The summed E-state index contributed by atoms with van der Waals surface area (Å²) in [4.78, 5) is 12.0. The number of nitrogens with one attached hydrogen (secondary N) is 1. The average Bonchev–Trinajstić information content (AvgIpc) is 2.23.